The van der Waals surface area contributed by atoms with Crippen molar-refractivity contribution in [3.05, 3.63) is 63.7 Å². The minimum Gasteiger partial charge on any atom is -0.382 e. The minimum atomic E-state index is 0.608. The lowest BCUT2D eigenvalue weighted by atomic mass is 10.0. The molecule has 0 unspecified atom stereocenters. The van der Waals surface area contributed by atoms with Gasteiger partial charge >= 0.3 is 0 Å². The summed E-state index contributed by atoms with van der Waals surface area (Å²) in [4.78, 5) is 2.56. The highest BCUT2D eigenvalue weighted by Gasteiger charge is 2.18. The number of nitrogens with one attached hydrogen (secondary N) is 1. The average Bonchev–Trinajstić information content (AvgIpc) is 2.53. The van der Waals surface area contributed by atoms with Crippen molar-refractivity contribution >= 4 is 28.3 Å². The molecule has 0 atom stereocenters. The van der Waals surface area contributed by atoms with Crippen LogP contribution in [-0.2, 0) is 6.54 Å². The first-order valence-electron chi connectivity index (χ1n) is 7.58. The fraction of sp³-hybridized carbons (Fsp3) is 0.333. The molecule has 3 rings (SSSR count). The van der Waals surface area contributed by atoms with E-state index in [9.17, 15) is 0 Å². The van der Waals surface area contributed by atoms with Crippen LogP contribution in [0.25, 0.3) is 0 Å². The van der Waals surface area contributed by atoms with Gasteiger partial charge in [0.1, 0.15) is 0 Å². The fourth-order valence-electron chi connectivity index (χ4n) is 2.86. The number of hydrogen-bond donors (Lipinski definition) is 1. The van der Waals surface area contributed by atoms with Crippen LogP contribution in [0.4, 0.5) is 5.69 Å². The topological polar surface area (TPSA) is 15.3 Å². The second-order valence-electron chi connectivity index (χ2n) is 5.69. The Labute approximate surface area is 140 Å². The fourth-order valence-corrected chi connectivity index (χ4v) is 3.22. The van der Waals surface area contributed by atoms with Crippen LogP contribution >= 0.6 is 22.6 Å². The van der Waals surface area contributed by atoms with E-state index in [1.807, 2.05) is 0 Å². The molecular formula is C18H21IN2. The molecule has 1 N–H and O–H groups in total. The number of hydrogen-bond acceptors (Lipinski definition) is 2. The van der Waals surface area contributed by atoms with Gasteiger partial charge in [-0.25, -0.2) is 0 Å². The molecule has 0 aliphatic carbocycles. The Morgan fingerprint density at radius 1 is 0.952 bits per heavy atom. The maximum Gasteiger partial charge on any atom is 0.0343 e. The van der Waals surface area contributed by atoms with Crippen LogP contribution in [0.3, 0.4) is 0 Å². The van der Waals surface area contributed by atoms with Crippen molar-refractivity contribution in [3.63, 3.8) is 0 Å². The summed E-state index contributed by atoms with van der Waals surface area (Å²) in [5.41, 5.74) is 2.67. The first kappa shape index (κ1) is 14.9. The van der Waals surface area contributed by atoms with Crippen molar-refractivity contribution in [2.75, 3.05) is 18.4 Å². The summed E-state index contributed by atoms with van der Waals surface area (Å²) >= 11 is 2.35. The SMILES string of the molecule is Ic1ccc(NC2CCN(Cc3ccccc3)CC2)cc1. The predicted molar refractivity (Wildman–Crippen MR) is 97.5 cm³/mol. The molecule has 21 heavy (non-hydrogen) atoms. The van der Waals surface area contributed by atoms with Crippen molar-refractivity contribution in [2.24, 2.45) is 0 Å². The summed E-state index contributed by atoms with van der Waals surface area (Å²) in [7, 11) is 0. The summed E-state index contributed by atoms with van der Waals surface area (Å²) in [6.45, 7) is 3.44. The molecule has 0 saturated carbocycles. The second kappa shape index (κ2) is 7.27. The maximum absolute atomic E-state index is 3.66. The predicted octanol–water partition coefficient (Wildman–Crippen LogP) is 4.37. The molecule has 1 saturated heterocycles. The molecule has 2 nitrogen and oxygen atoms in total. The van der Waals surface area contributed by atoms with Gasteiger partial charge in [-0.05, 0) is 65.3 Å². The van der Waals surface area contributed by atoms with E-state index in [-0.39, 0.29) is 0 Å². The van der Waals surface area contributed by atoms with Gasteiger partial charge in [-0.15, -0.1) is 0 Å². The smallest absolute Gasteiger partial charge is 0.0343 e. The minimum absolute atomic E-state index is 0.608. The molecule has 2 aromatic rings. The van der Waals surface area contributed by atoms with E-state index in [1.165, 1.54) is 40.8 Å². The number of rotatable bonds is 4. The lowest BCUT2D eigenvalue weighted by Crippen LogP contribution is -2.38. The van der Waals surface area contributed by atoms with Crippen molar-refractivity contribution in [1.82, 2.24) is 4.90 Å². The summed E-state index contributed by atoms with van der Waals surface area (Å²) in [6.07, 6.45) is 2.44. The van der Waals surface area contributed by atoms with Gasteiger partial charge in [-0.1, -0.05) is 30.3 Å². The zero-order valence-corrected chi connectivity index (χ0v) is 14.3. The molecule has 1 aliphatic heterocycles. The molecule has 1 aliphatic rings. The number of anilines is 1. The monoisotopic (exact) mass is 392 g/mol. The van der Waals surface area contributed by atoms with Crippen LogP contribution < -0.4 is 5.32 Å². The quantitative estimate of drug-likeness (QED) is 0.778. The molecule has 0 bridgehead atoms. The van der Waals surface area contributed by atoms with Gasteiger partial charge in [0.25, 0.3) is 0 Å². The zero-order chi connectivity index (χ0) is 14.5. The maximum atomic E-state index is 3.66. The number of halogens is 1. The molecule has 0 aromatic heterocycles. The molecule has 0 radical (unpaired) electrons. The van der Waals surface area contributed by atoms with Crippen LogP contribution in [0.2, 0.25) is 0 Å². The Morgan fingerprint density at radius 2 is 1.62 bits per heavy atom. The zero-order valence-electron chi connectivity index (χ0n) is 12.1. The van der Waals surface area contributed by atoms with Gasteiger partial charge in [0, 0.05) is 34.9 Å². The Bertz CT molecular complexity index is 545. The molecule has 3 heteroatoms. The number of nitrogens with zero attached hydrogens (tertiary/aromatic N) is 1. The molecule has 1 fully saturated rings. The van der Waals surface area contributed by atoms with Gasteiger partial charge in [0.05, 0.1) is 0 Å². The highest BCUT2D eigenvalue weighted by Crippen LogP contribution is 2.19. The third kappa shape index (κ3) is 4.45. The highest BCUT2D eigenvalue weighted by molar-refractivity contribution is 14.1. The Hall–Kier alpha value is -1.07. The van der Waals surface area contributed by atoms with E-state index in [4.69, 9.17) is 0 Å². The summed E-state index contributed by atoms with van der Waals surface area (Å²) in [5, 5.41) is 3.66. The van der Waals surface area contributed by atoms with Crippen LogP contribution in [-0.4, -0.2) is 24.0 Å². The van der Waals surface area contributed by atoms with Crippen LogP contribution in [0.15, 0.2) is 54.6 Å². The number of benzene rings is 2. The lowest BCUT2D eigenvalue weighted by molar-refractivity contribution is 0.211. The van der Waals surface area contributed by atoms with E-state index >= 15 is 0 Å². The standard InChI is InChI=1S/C18H21IN2/c19-16-6-8-17(9-7-16)20-18-10-12-21(13-11-18)14-15-4-2-1-3-5-15/h1-9,18,20H,10-14H2. The average molecular weight is 392 g/mol. The van der Waals surface area contributed by atoms with Crippen molar-refractivity contribution in [2.45, 2.75) is 25.4 Å². The van der Waals surface area contributed by atoms with Gasteiger partial charge in [0.2, 0.25) is 0 Å². The molecule has 1 heterocycles. The summed E-state index contributed by atoms with van der Waals surface area (Å²) in [5.74, 6) is 0. The normalized spacial score (nSPS) is 16.8. The molecule has 110 valence electrons. The molecule has 2 aromatic carbocycles. The van der Waals surface area contributed by atoms with Crippen LogP contribution in [0.5, 0.6) is 0 Å². The van der Waals surface area contributed by atoms with Crippen molar-refractivity contribution in [1.29, 1.82) is 0 Å². The Kier molecular flexibility index (Phi) is 5.14. The Balaban J connectivity index is 1.47. The number of likely N-dealkylation sites (tertiary alicyclic amines) is 1. The molecule has 0 spiro atoms. The third-order valence-corrected chi connectivity index (χ3v) is 4.77. The van der Waals surface area contributed by atoms with E-state index < -0.39 is 0 Å². The third-order valence-electron chi connectivity index (χ3n) is 4.05. The highest BCUT2D eigenvalue weighted by atomic mass is 127. The lowest BCUT2D eigenvalue weighted by Gasteiger charge is -2.32. The Morgan fingerprint density at radius 3 is 2.29 bits per heavy atom. The van der Waals surface area contributed by atoms with Gasteiger partial charge in [-0.2, -0.15) is 0 Å². The summed E-state index contributed by atoms with van der Waals surface area (Å²) in [6, 6.07) is 20.1. The second-order valence-corrected chi connectivity index (χ2v) is 6.93. The van der Waals surface area contributed by atoms with E-state index in [2.05, 4.69) is 87.4 Å². The van der Waals surface area contributed by atoms with Crippen molar-refractivity contribution < 1.29 is 0 Å². The largest absolute Gasteiger partial charge is 0.382 e. The van der Waals surface area contributed by atoms with Gasteiger partial charge in [0.15, 0.2) is 0 Å². The summed E-state index contributed by atoms with van der Waals surface area (Å²) < 4.78 is 1.29. The van der Waals surface area contributed by atoms with E-state index in [1.54, 1.807) is 0 Å². The molecule has 0 amide bonds. The molecular weight excluding hydrogens is 371 g/mol. The van der Waals surface area contributed by atoms with Crippen LogP contribution in [0.1, 0.15) is 18.4 Å². The van der Waals surface area contributed by atoms with Crippen molar-refractivity contribution in [3.8, 4) is 0 Å². The van der Waals surface area contributed by atoms with E-state index in [0.717, 1.165) is 6.54 Å². The van der Waals surface area contributed by atoms with E-state index in [0.29, 0.717) is 6.04 Å². The van der Waals surface area contributed by atoms with Gasteiger partial charge in [-0.3, -0.25) is 4.90 Å². The van der Waals surface area contributed by atoms with Gasteiger partial charge < -0.3 is 5.32 Å². The number of piperidine rings is 1. The van der Waals surface area contributed by atoms with Crippen LogP contribution in [0, 0.1) is 3.57 Å². The first-order valence-corrected chi connectivity index (χ1v) is 8.66. The first-order chi connectivity index (χ1) is 10.3.